The zero-order valence-electron chi connectivity index (χ0n) is 10.5. The number of halogens is 2. The average Bonchev–Trinajstić information content (AvgIpc) is 3.01. The van der Waals surface area contributed by atoms with Crippen LogP contribution in [0.4, 0.5) is 14.9 Å². The molecule has 0 radical (unpaired) electrons. The van der Waals surface area contributed by atoms with Crippen LogP contribution in [0, 0.1) is 0 Å². The number of fused-ring (bicyclic) bond motifs is 1. The lowest BCUT2D eigenvalue weighted by Crippen LogP contribution is -2.24. The zero-order valence-corrected chi connectivity index (χ0v) is 10.5. The van der Waals surface area contributed by atoms with Crippen molar-refractivity contribution < 1.29 is 23.9 Å². The van der Waals surface area contributed by atoms with Gasteiger partial charge in [0.1, 0.15) is 12.3 Å². The maximum atomic E-state index is 12.5. The van der Waals surface area contributed by atoms with E-state index in [0.717, 1.165) is 0 Å². The van der Waals surface area contributed by atoms with Crippen molar-refractivity contribution in [2.75, 3.05) is 12.0 Å². The molecule has 1 saturated heterocycles. The fourth-order valence-corrected chi connectivity index (χ4v) is 2.26. The van der Waals surface area contributed by atoms with Gasteiger partial charge in [0.25, 0.3) is 11.5 Å². The molecule has 9 nitrogen and oxygen atoms in total. The van der Waals surface area contributed by atoms with Crippen molar-refractivity contribution in [2.24, 2.45) is 0 Å². The Labute approximate surface area is 115 Å². The van der Waals surface area contributed by atoms with Gasteiger partial charge < -0.3 is 14.9 Å². The molecule has 0 bridgehead atoms. The van der Waals surface area contributed by atoms with Gasteiger partial charge in [0.2, 0.25) is 0 Å². The van der Waals surface area contributed by atoms with E-state index in [9.17, 15) is 18.9 Å². The Morgan fingerprint density at radius 2 is 2.33 bits per heavy atom. The largest absolute Gasteiger partial charge is 0.394 e. The number of aliphatic hydroxyl groups excluding tert-OH is 2. The molecule has 1 aliphatic heterocycles. The van der Waals surface area contributed by atoms with E-state index in [1.54, 1.807) is 0 Å². The van der Waals surface area contributed by atoms with Gasteiger partial charge in [-0.1, -0.05) is 8.96 Å². The van der Waals surface area contributed by atoms with Crippen molar-refractivity contribution in [3.05, 3.63) is 16.7 Å². The van der Waals surface area contributed by atoms with Gasteiger partial charge in [-0.05, 0) is 5.34 Å². The van der Waals surface area contributed by atoms with Gasteiger partial charge in [0.15, 0.2) is 11.2 Å². The highest BCUT2D eigenvalue weighted by Crippen LogP contribution is 2.30. The third-order valence-corrected chi connectivity index (χ3v) is 3.27. The van der Waals surface area contributed by atoms with Crippen molar-refractivity contribution >= 4 is 17.1 Å². The fourth-order valence-electron chi connectivity index (χ4n) is 2.26. The highest BCUT2D eigenvalue weighted by atomic mass is 19.4. The van der Waals surface area contributed by atoms with Crippen molar-refractivity contribution in [3.63, 3.8) is 0 Å². The molecule has 114 valence electrons. The summed E-state index contributed by atoms with van der Waals surface area (Å²) in [6, 6.07) is 0. The third-order valence-electron chi connectivity index (χ3n) is 3.27. The Balaban J connectivity index is 2.06. The SMILES string of the molecule is O=c1[nH]c(N(F)F)nc2c1ncn2[C@H]1C[C@H](O)[C@@H](CO)O1. The number of aromatic amines is 1. The molecule has 3 heterocycles. The number of nitrogens with one attached hydrogen (secondary N) is 1. The lowest BCUT2D eigenvalue weighted by Gasteiger charge is -2.13. The first-order valence-electron chi connectivity index (χ1n) is 6.04. The van der Waals surface area contributed by atoms with Crippen molar-refractivity contribution in [3.8, 4) is 0 Å². The maximum absolute atomic E-state index is 12.5. The van der Waals surface area contributed by atoms with Crippen LogP contribution in [0.3, 0.4) is 0 Å². The van der Waals surface area contributed by atoms with Crippen LogP contribution >= 0.6 is 0 Å². The van der Waals surface area contributed by atoms with E-state index >= 15 is 0 Å². The lowest BCUT2D eigenvalue weighted by atomic mass is 10.2. The number of rotatable bonds is 3. The molecule has 2 aromatic rings. The molecule has 11 heteroatoms. The number of aliphatic hydroxyl groups is 2. The molecule has 0 saturated carbocycles. The molecule has 3 N–H and O–H groups in total. The molecule has 0 aromatic carbocycles. The first-order chi connectivity index (χ1) is 10.0. The summed E-state index contributed by atoms with van der Waals surface area (Å²) >= 11 is 0. The first kappa shape index (κ1) is 13.9. The first-order valence-corrected chi connectivity index (χ1v) is 6.04. The highest BCUT2D eigenvalue weighted by Gasteiger charge is 2.35. The molecule has 0 aliphatic carbocycles. The highest BCUT2D eigenvalue weighted by molar-refractivity contribution is 5.70. The molecule has 3 rings (SSSR count). The number of hydrogen-bond donors (Lipinski definition) is 3. The predicted molar refractivity (Wildman–Crippen MR) is 64.5 cm³/mol. The standard InChI is InChI=1S/C10H11F2N5O4/c11-17(12)10-14-8-7(9(20)15-10)13-3-16(8)6-1-4(19)5(2-18)21-6/h3-6,18-19H,1-2H2,(H,14,15,20)/t4-,5+,6+/m0/s1. The summed E-state index contributed by atoms with van der Waals surface area (Å²) in [5.41, 5.74) is -1.03. The van der Waals surface area contributed by atoms with Crippen LogP contribution in [0.5, 0.6) is 0 Å². The van der Waals surface area contributed by atoms with E-state index in [4.69, 9.17) is 9.84 Å². The predicted octanol–water partition coefficient (Wildman–Crippen LogP) is -0.664. The van der Waals surface area contributed by atoms with Crippen LogP contribution in [0.15, 0.2) is 11.1 Å². The quantitative estimate of drug-likeness (QED) is 0.644. The molecular weight excluding hydrogens is 292 g/mol. The summed E-state index contributed by atoms with van der Waals surface area (Å²) in [5.74, 6) is -0.925. The Hall–Kier alpha value is -2.11. The number of anilines is 1. The Kier molecular flexibility index (Phi) is 3.31. The number of ether oxygens (including phenoxy) is 1. The fraction of sp³-hybridized carbons (Fsp3) is 0.500. The number of hydrogen-bond acceptors (Lipinski definition) is 7. The van der Waals surface area contributed by atoms with Gasteiger partial charge in [-0.25, -0.2) is 4.98 Å². The van der Waals surface area contributed by atoms with E-state index in [0.29, 0.717) is 0 Å². The minimum absolute atomic E-state index is 0.0927. The second kappa shape index (κ2) is 5.02. The normalized spacial score (nSPS) is 25.6. The van der Waals surface area contributed by atoms with Gasteiger partial charge in [-0.15, -0.1) is 0 Å². The summed E-state index contributed by atoms with van der Waals surface area (Å²) < 4.78 is 31.7. The van der Waals surface area contributed by atoms with Crippen molar-refractivity contribution in [1.82, 2.24) is 19.5 Å². The van der Waals surface area contributed by atoms with Crippen LogP contribution in [0.1, 0.15) is 12.6 Å². The second-order valence-corrected chi connectivity index (χ2v) is 4.56. The lowest BCUT2D eigenvalue weighted by molar-refractivity contribution is -0.0432. The molecule has 0 unspecified atom stereocenters. The van der Waals surface area contributed by atoms with E-state index in [-0.39, 0.29) is 24.2 Å². The Morgan fingerprint density at radius 3 is 2.95 bits per heavy atom. The topological polar surface area (TPSA) is 117 Å². The van der Waals surface area contributed by atoms with Gasteiger partial charge in [0, 0.05) is 6.42 Å². The summed E-state index contributed by atoms with van der Waals surface area (Å²) in [6.45, 7) is -0.383. The Bertz CT molecular complexity index is 717. The molecule has 0 amide bonds. The van der Waals surface area contributed by atoms with Crippen LogP contribution in [-0.4, -0.2) is 48.5 Å². The van der Waals surface area contributed by atoms with Crippen LogP contribution in [0.2, 0.25) is 0 Å². The summed E-state index contributed by atoms with van der Waals surface area (Å²) in [4.78, 5) is 21.0. The van der Waals surface area contributed by atoms with E-state index in [1.807, 2.05) is 4.98 Å². The van der Waals surface area contributed by atoms with Crippen LogP contribution in [-0.2, 0) is 4.74 Å². The van der Waals surface area contributed by atoms with Gasteiger partial charge in [-0.2, -0.15) is 4.98 Å². The van der Waals surface area contributed by atoms with Crippen LogP contribution < -0.4 is 10.9 Å². The monoisotopic (exact) mass is 303 g/mol. The molecule has 1 aliphatic rings. The summed E-state index contributed by atoms with van der Waals surface area (Å²) in [5, 5.41) is 17.4. The summed E-state index contributed by atoms with van der Waals surface area (Å²) in [7, 11) is 0. The van der Waals surface area contributed by atoms with Crippen LogP contribution in [0.25, 0.3) is 11.2 Å². The Morgan fingerprint density at radius 1 is 1.57 bits per heavy atom. The number of nitrogens with zero attached hydrogens (tertiary/aromatic N) is 4. The zero-order chi connectivity index (χ0) is 15.1. The number of H-pyrrole nitrogens is 1. The number of imidazole rings is 1. The minimum Gasteiger partial charge on any atom is -0.394 e. The molecule has 3 atom stereocenters. The molecule has 1 fully saturated rings. The second-order valence-electron chi connectivity index (χ2n) is 4.56. The minimum atomic E-state index is -1.32. The van der Waals surface area contributed by atoms with Crippen molar-refractivity contribution in [2.45, 2.75) is 24.9 Å². The van der Waals surface area contributed by atoms with Gasteiger partial charge >= 0.3 is 0 Å². The smallest absolute Gasteiger partial charge is 0.280 e. The molecule has 0 spiro atoms. The van der Waals surface area contributed by atoms with E-state index in [1.165, 1.54) is 10.9 Å². The molecular formula is C10H11F2N5O4. The van der Waals surface area contributed by atoms with Gasteiger partial charge in [-0.3, -0.25) is 14.3 Å². The summed E-state index contributed by atoms with van der Waals surface area (Å²) in [6.07, 6.45) is -1.10. The number of aromatic nitrogens is 4. The van der Waals surface area contributed by atoms with E-state index in [2.05, 4.69) is 9.97 Å². The van der Waals surface area contributed by atoms with E-state index < -0.39 is 35.3 Å². The van der Waals surface area contributed by atoms with Gasteiger partial charge in [0.05, 0.1) is 19.0 Å². The molecule has 2 aromatic heterocycles. The third kappa shape index (κ3) is 2.24. The molecule has 21 heavy (non-hydrogen) atoms. The average molecular weight is 303 g/mol. The van der Waals surface area contributed by atoms with Crippen molar-refractivity contribution in [1.29, 1.82) is 0 Å². The maximum Gasteiger partial charge on any atom is 0.280 e.